The molecule has 2 aromatic carbocycles. The molecular formula is C17H15ClN2O2. The number of hydrogen-bond donors (Lipinski definition) is 1. The topological polar surface area (TPSA) is 62.1 Å². The Morgan fingerprint density at radius 3 is 2.68 bits per heavy atom. The molecule has 0 saturated carbocycles. The summed E-state index contributed by atoms with van der Waals surface area (Å²) in [5.74, 6) is 0.116. The van der Waals surface area contributed by atoms with Crippen LogP contribution in [0.15, 0.2) is 48.5 Å². The summed E-state index contributed by atoms with van der Waals surface area (Å²) in [4.78, 5) is 11.9. The highest BCUT2D eigenvalue weighted by Gasteiger charge is 2.13. The number of benzene rings is 2. The van der Waals surface area contributed by atoms with Crippen LogP contribution < -0.4 is 10.1 Å². The zero-order valence-corrected chi connectivity index (χ0v) is 12.8. The summed E-state index contributed by atoms with van der Waals surface area (Å²) in [5, 5.41) is 12.4. The summed E-state index contributed by atoms with van der Waals surface area (Å²) in [5.41, 5.74) is 1.24. The summed E-state index contributed by atoms with van der Waals surface area (Å²) in [6.45, 7) is 1.69. The lowest BCUT2D eigenvalue weighted by molar-refractivity contribution is -0.123. The van der Waals surface area contributed by atoms with Crippen LogP contribution in [0.2, 0.25) is 5.02 Å². The largest absolute Gasteiger partial charge is 0.482 e. The van der Waals surface area contributed by atoms with Gasteiger partial charge in [-0.2, -0.15) is 5.26 Å². The van der Waals surface area contributed by atoms with E-state index in [0.29, 0.717) is 16.3 Å². The van der Waals surface area contributed by atoms with E-state index in [2.05, 4.69) is 5.32 Å². The lowest BCUT2D eigenvalue weighted by Crippen LogP contribution is -2.31. The second kappa shape index (κ2) is 7.48. The van der Waals surface area contributed by atoms with E-state index in [1.165, 1.54) is 0 Å². The molecule has 1 N–H and O–H groups in total. The molecule has 0 aliphatic rings. The summed E-state index contributed by atoms with van der Waals surface area (Å²) in [6.07, 6.45) is 0. The van der Waals surface area contributed by atoms with Crippen LogP contribution in [-0.2, 0) is 4.79 Å². The molecule has 1 amide bonds. The van der Waals surface area contributed by atoms with Crippen LogP contribution in [-0.4, -0.2) is 12.5 Å². The highest BCUT2D eigenvalue weighted by atomic mass is 35.5. The molecule has 2 rings (SSSR count). The Morgan fingerprint density at radius 1 is 1.27 bits per heavy atom. The second-order valence-electron chi connectivity index (χ2n) is 4.71. The van der Waals surface area contributed by atoms with Crippen molar-refractivity contribution in [3.63, 3.8) is 0 Å². The van der Waals surface area contributed by atoms with Crippen LogP contribution in [0, 0.1) is 11.3 Å². The number of amides is 1. The van der Waals surface area contributed by atoms with Gasteiger partial charge in [-0.05, 0) is 30.7 Å². The third kappa shape index (κ3) is 4.00. The van der Waals surface area contributed by atoms with Gasteiger partial charge in [0.2, 0.25) is 0 Å². The van der Waals surface area contributed by atoms with Gasteiger partial charge in [-0.3, -0.25) is 4.79 Å². The highest BCUT2D eigenvalue weighted by molar-refractivity contribution is 6.31. The fraction of sp³-hybridized carbons (Fsp3) is 0.176. The molecule has 1 atom stereocenters. The van der Waals surface area contributed by atoms with E-state index in [1.54, 1.807) is 30.3 Å². The molecule has 0 aliphatic carbocycles. The maximum Gasteiger partial charge on any atom is 0.258 e. The van der Waals surface area contributed by atoms with Crippen LogP contribution in [0.25, 0.3) is 0 Å². The van der Waals surface area contributed by atoms with E-state index in [0.717, 1.165) is 5.56 Å². The first kappa shape index (κ1) is 15.9. The maximum absolute atomic E-state index is 11.9. The van der Waals surface area contributed by atoms with Gasteiger partial charge in [0.25, 0.3) is 5.91 Å². The fourth-order valence-electron chi connectivity index (χ4n) is 2.02. The van der Waals surface area contributed by atoms with E-state index >= 15 is 0 Å². The quantitative estimate of drug-likeness (QED) is 0.919. The normalized spacial score (nSPS) is 11.3. The molecule has 22 heavy (non-hydrogen) atoms. The Bertz CT molecular complexity index is 710. The highest BCUT2D eigenvalue weighted by Crippen LogP contribution is 2.22. The number of carbonyl (C=O) groups is 1. The molecule has 0 radical (unpaired) electrons. The van der Waals surface area contributed by atoms with Crippen molar-refractivity contribution in [3.8, 4) is 11.8 Å². The predicted molar refractivity (Wildman–Crippen MR) is 84.7 cm³/mol. The Hall–Kier alpha value is -2.51. The average Bonchev–Trinajstić information content (AvgIpc) is 2.53. The lowest BCUT2D eigenvalue weighted by Gasteiger charge is -2.16. The molecule has 4 nitrogen and oxygen atoms in total. The molecule has 0 bridgehead atoms. The predicted octanol–water partition coefficient (Wildman–Crippen LogP) is 3.47. The summed E-state index contributed by atoms with van der Waals surface area (Å²) in [6, 6.07) is 15.9. The van der Waals surface area contributed by atoms with Crippen LogP contribution in [0.5, 0.6) is 5.75 Å². The Labute approximate surface area is 134 Å². The van der Waals surface area contributed by atoms with Gasteiger partial charge in [0.1, 0.15) is 11.8 Å². The number of nitrogens with zero attached hydrogens (tertiary/aromatic N) is 1. The van der Waals surface area contributed by atoms with Crippen molar-refractivity contribution in [1.29, 1.82) is 5.26 Å². The zero-order chi connectivity index (χ0) is 15.9. The van der Waals surface area contributed by atoms with E-state index in [4.69, 9.17) is 21.6 Å². The van der Waals surface area contributed by atoms with Crippen molar-refractivity contribution in [2.75, 3.05) is 6.61 Å². The monoisotopic (exact) mass is 314 g/mol. The molecular weight excluding hydrogens is 300 g/mol. The fourth-order valence-corrected chi connectivity index (χ4v) is 2.31. The molecule has 0 unspecified atom stereocenters. The van der Waals surface area contributed by atoms with Gasteiger partial charge in [0, 0.05) is 5.02 Å². The minimum Gasteiger partial charge on any atom is -0.482 e. The van der Waals surface area contributed by atoms with Crippen molar-refractivity contribution < 1.29 is 9.53 Å². The smallest absolute Gasteiger partial charge is 0.258 e. The van der Waals surface area contributed by atoms with E-state index in [-0.39, 0.29) is 18.6 Å². The molecule has 112 valence electrons. The number of nitrogens with one attached hydrogen (secondary N) is 1. The van der Waals surface area contributed by atoms with Crippen molar-refractivity contribution in [3.05, 3.63) is 64.7 Å². The average molecular weight is 315 g/mol. The van der Waals surface area contributed by atoms with Crippen LogP contribution in [0.4, 0.5) is 0 Å². The third-order valence-electron chi connectivity index (χ3n) is 3.12. The number of halogens is 1. The van der Waals surface area contributed by atoms with Crippen LogP contribution >= 0.6 is 11.6 Å². The van der Waals surface area contributed by atoms with Crippen LogP contribution in [0.1, 0.15) is 24.1 Å². The molecule has 0 heterocycles. The molecule has 0 saturated heterocycles. The van der Waals surface area contributed by atoms with Crippen molar-refractivity contribution in [2.24, 2.45) is 0 Å². The number of nitriles is 1. The Morgan fingerprint density at radius 2 is 1.95 bits per heavy atom. The molecule has 0 aromatic heterocycles. The number of para-hydroxylation sites is 1. The molecule has 0 aliphatic heterocycles. The minimum absolute atomic E-state index is 0.159. The molecule has 2 aromatic rings. The third-order valence-corrected chi connectivity index (χ3v) is 3.46. The molecule has 5 heteroatoms. The first-order valence-corrected chi connectivity index (χ1v) is 7.15. The van der Waals surface area contributed by atoms with Crippen molar-refractivity contribution in [2.45, 2.75) is 13.0 Å². The van der Waals surface area contributed by atoms with E-state index in [9.17, 15) is 4.79 Å². The Kier molecular flexibility index (Phi) is 5.40. The van der Waals surface area contributed by atoms with Crippen molar-refractivity contribution in [1.82, 2.24) is 5.32 Å². The second-order valence-corrected chi connectivity index (χ2v) is 5.11. The number of ether oxygens (including phenoxy) is 1. The van der Waals surface area contributed by atoms with Crippen molar-refractivity contribution >= 4 is 17.5 Å². The van der Waals surface area contributed by atoms with Gasteiger partial charge in [-0.15, -0.1) is 0 Å². The van der Waals surface area contributed by atoms with Gasteiger partial charge in [-0.25, -0.2) is 0 Å². The minimum atomic E-state index is -0.278. The van der Waals surface area contributed by atoms with Gasteiger partial charge >= 0.3 is 0 Å². The van der Waals surface area contributed by atoms with Crippen LogP contribution in [0.3, 0.4) is 0 Å². The first-order chi connectivity index (χ1) is 10.6. The van der Waals surface area contributed by atoms with Gasteiger partial charge in [0.15, 0.2) is 6.61 Å². The van der Waals surface area contributed by atoms with Gasteiger partial charge < -0.3 is 10.1 Å². The standard InChI is InChI=1S/C17H15ClN2O2/c1-12(14-7-3-4-8-15(14)18)20-17(21)11-22-16-9-5-2-6-13(16)10-19/h2-9,12H,11H2,1H3,(H,20,21)/t12-/m0/s1. The summed E-state index contributed by atoms with van der Waals surface area (Å²) < 4.78 is 5.39. The number of carbonyl (C=O) groups excluding carboxylic acids is 1. The van der Waals surface area contributed by atoms with Gasteiger partial charge in [-0.1, -0.05) is 41.9 Å². The Balaban J connectivity index is 1.94. The van der Waals surface area contributed by atoms with E-state index in [1.807, 2.05) is 31.2 Å². The molecule has 0 fully saturated rings. The SMILES string of the molecule is C[C@H](NC(=O)COc1ccccc1C#N)c1ccccc1Cl. The van der Waals surface area contributed by atoms with E-state index < -0.39 is 0 Å². The molecule has 0 spiro atoms. The first-order valence-electron chi connectivity index (χ1n) is 6.77. The number of hydrogen-bond acceptors (Lipinski definition) is 3. The summed E-state index contributed by atoms with van der Waals surface area (Å²) in [7, 11) is 0. The maximum atomic E-state index is 11.9. The number of rotatable bonds is 5. The zero-order valence-electron chi connectivity index (χ0n) is 12.0. The lowest BCUT2D eigenvalue weighted by atomic mass is 10.1. The summed E-state index contributed by atoms with van der Waals surface area (Å²) >= 11 is 6.10. The van der Waals surface area contributed by atoms with Gasteiger partial charge in [0.05, 0.1) is 11.6 Å².